The van der Waals surface area contributed by atoms with Crippen molar-refractivity contribution in [3.63, 3.8) is 0 Å². The molecule has 3 aliphatic rings. The van der Waals surface area contributed by atoms with Crippen molar-refractivity contribution in [2.75, 3.05) is 25.1 Å². The number of rotatable bonds is 3. The molecule has 0 N–H and O–H groups in total. The predicted molar refractivity (Wildman–Crippen MR) is 105 cm³/mol. The largest absolute Gasteiger partial charge is 0.497 e. The van der Waals surface area contributed by atoms with Gasteiger partial charge in [0.05, 0.1) is 24.8 Å². The van der Waals surface area contributed by atoms with Crippen LogP contribution in [-0.4, -0.2) is 48.1 Å². The lowest BCUT2D eigenvalue weighted by atomic mass is 9.89. The van der Waals surface area contributed by atoms with Crippen molar-refractivity contribution in [1.29, 1.82) is 0 Å². The zero-order valence-corrected chi connectivity index (χ0v) is 16.0. The van der Waals surface area contributed by atoms with Gasteiger partial charge in [0.15, 0.2) is 0 Å². The van der Waals surface area contributed by atoms with Crippen molar-refractivity contribution in [3.05, 3.63) is 59.7 Å². The van der Waals surface area contributed by atoms with E-state index in [0.29, 0.717) is 11.4 Å². The third kappa shape index (κ3) is 2.41. The number of benzene rings is 2. The fourth-order valence-corrected chi connectivity index (χ4v) is 4.88. The number of hydrogen-bond donors (Lipinski definition) is 0. The first-order chi connectivity index (χ1) is 13.6. The number of hydrogen-bond acceptors (Lipinski definition) is 5. The molecule has 5 rings (SSSR count). The Morgan fingerprint density at radius 3 is 2.36 bits per heavy atom. The molecule has 2 aromatic carbocycles. The molecule has 0 aromatic heterocycles. The molecule has 3 saturated heterocycles. The molecule has 0 unspecified atom stereocenters. The Bertz CT molecular complexity index is 942. The van der Waals surface area contributed by atoms with E-state index in [1.807, 2.05) is 12.1 Å². The molecule has 144 valence electrons. The summed E-state index contributed by atoms with van der Waals surface area (Å²) in [6.07, 6.45) is 1.01. The minimum absolute atomic E-state index is 0.0971. The summed E-state index contributed by atoms with van der Waals surface area (Å²) >= 11 is 0. The van der Waals surface area contributed by atoms with Crippen LogP contribution in [0.5, 0.6) is 5.75 Å². The van der Waals surface area contributed by atoms with Crippen molar-refractivity contribution in [3.8, 4) is 5.75 Å². The van der Waals surface area contributed by atoms with E-state index in [4.69, 9.17) is 4.74 Å². The maximum atomic E-state index is 13.5. The standard InChI is InChI=1S/C22H23N3O3/c1-14-7-9-15(10-8-14)19-18-20(24-12-4-11-23(19)24)22(27)25(21(18)26)16-5-3-6-17(13-16)28-2/h3,5-10,13,18-20H,4,11-12H2,1-2H3/t18-,19+,20-/m1/s1. The fraction of sp³-hybridized carbons (Fsp3) is 0.364. The van der Waals surface area contributed by atoms with Crippen LogP contribution in [0.3, 0.4) is 0 Å². The molecule has 3 aliphatic heterocycles. The van der Waals surface area contributed by atoms with Crippen LogP contribution in [0.4, 0.5) is 5.69 Å². The molecule has 2 amide bonds. The minimum Gasteiger partial charge on any atom is -0.497 e. The van der Waals surface area contributed by atoms with Gasteiger partial charge in [0.25, 0.3) is 5.91 Å². The van der Waals surface area contributed by atoms with Gasteiger partial charge in [-0.2, -0.15) is 0 Å². The highest BCUT2D eigenvalue weighted by Crippen LogP contribution is 2.49. The van der Waals surface area contributed by atoms with Crippen LogP contribution in [0.1, 0.15) is 23.6 Å². The lowest BCUT2D eigenvalue weighted by molar-refractivity contribution is -0.126. The van der Waals surface area contributed by atoms with Gasteiger partial charge in [0, 0.05) is 19.2 Å². The molecule has 0 saturated carbocycles. The lowest BCUT2D eigenvalue weighted by Crippen LogP contribution is -2.44. The average molecular weight is 377 g/mol. The smallest absolute Gasteiger partial charge is 0.253 e. The number of hydrazine groups is 1. The maximum Gasteiger partial charge on any atom is 0.253 e. The second kappa shape index (κ2) is 6.43. The number of ether oxygens (including phenoxy) is 1. The Morgan fingerprint density at radius 1 is 0.929 bits per heavy atom. The summed E-state index contributed by atoms with van der Waals surface area (Å²) in [6.45, 7) is 3.75. The summed E-state index contributed by atoms with van der Waals surface area (Å²) < 4.78 is 5.28. The van der Waals surface area contributed by atoms with Crippen LogP contribution in [0.2, 0.25) is 0 Å². The Morgan fingerprint density at radius 2 is 1.64 bits per heavy atom. The van der Waals surface area contributed by atoms with Crippen LogP contribution >= 0.6 is 0 Å². The Labute approximate surface area is 164 Å². The molecule has 0 aliphatic carbocycles. The highest BCUT2D eigenvalue weighted by molar-refractivity contribution is 6.24. The second-order valence-electron chi connectivity index (χ2n) is 7.72. The van der Waals surface area contributed by atoms with E-state index in [1.54, 1.807) is 19.2 Å². The van der Waals surface area contributed by atoms with Crippen LogP contribution in [-0.2, 0) is 9.59 Å². The van der Waals surface area contributed by atoms with Gasteiger partial charge in [-0.3, -0.25) is 9.59 Å². The normalized spacial score (nSPS) is 27.4. The molecule has 0 bridgehead atoms. The van der Waals surface area contributed by atoms with Gasteiger partial charge < -0.3 is 4.74 Å². The summed E-state index contributed by atoms with van der Waals surface area (Å²) in [6, 6.07) is 15.0. The molecular formula is C22H23N3O3. The van der Waals surface area contributed by atoms with Crippen molar-refractivity contribution in [1.82, 2.24) is 10.0 Å². The quantitative estimate of drug-likeness (QED) is 0.770. The summed E-state index contributed by atoms with van der Waals surface area (Å²) in [5, 5.41) is 4.36. The van der Waals surface area contributed by atoms with E-state index in [1.165, 1.54) is 10.5 Å². The van der Waals surface area contributed by atoms with Gasteiger partial charge in [-0.05, 0) is 31.0 Å². The number of fused-ring (bicyclic) bond motifs is 3. The predicted octanol–water partition coefficient (Wildman–Crippen LogP) is 2.54. The van der Waals surface area contributed by atoms with Gasteiger partial charge in [0.2, 0.25) is 5.91 Å². The number of carbonyl (C=O) groups excluding carboxylic acids is 2. The molecule has 0 spiro atoms. The van der Waals surface area contributed by atoms with Crippen LogP contribution in [0.15, 0.2) is 48.5 Å². The van der Waals surface area contributed by atoms with Crippen molar-refractivity contribution >= 4 is 17.5 Å². The van der Waals surface area contributed by atoms with Crippen LogP contribution in [0, 0.1) is 12.8 Å². The second-order valence-corrected chi connectivity index (χ2v) is 7.72. The summed E-state index contributed by atoms with van der Waals surface area (Å²) in [5.41, 5.74) is 2.86. The zero-order chi connectivity index (χ0) is 19.4. The van der Waals surface area contributed by atoms with E-state index in [9.17, 15) is 9.59 Å². The number of anilines is 1. The number of imide groups is 1. The minimum atomic E-state index is -0.424. The van der Waals surface area contributed by atoms with Crippen LogP contribution < -0.4 is 9.64 Å². The third-order valence-corrected chi connectivity index (χ3v) is 6.14. The number of methoxy groups -OCH3 is 1. The Hall–Kier alpha value is -2.70. The molecule has 6 nitrogen and oxygen atoms in total. The van der Waals surface area contributed by atoms with Gasteiger partial charge in [-0.15, -0.1) is 0 Å². The number of carbonyl (C=O) groups is 2. The molecular weight excluding hydrogens is 354 g/mol. The molecule has 3 fully saturated rings. The third-order valence-electron chi connectivity index (χ3n) is 6.14. The monoisotopic (exact) mass is 377 g/mol. The topological polar surface area (TPSA) is 53.1 Å². The van der Waals surface area contributed by atoms with E-state index in [-0.39, 0.29) is 23.8 Å². The van der Waals surface area contributed by atoms with Gasteiger partial charge in [-0.1, -0.05) is 35.9 Å². The first kappa shape index (κ1) is 17.4. The maximum absolute atomic E-state index is 13.5. The number of nitrogens with zero attached hydrogens (tertiary/aromatic N) is 3. The molecule has 0 radical (unpaired) electrons. The van der Waals surface area contributed by atoms with Gasteiger partial charge in [-0.25, -0.2) is 14.9 Å². The van der Waals surface area contributed by atoms with Gasteiger partial charge >= 0.3 is 0 Å². The Balaban J connectivity index is 1.57. The first-order valence-electron chi connectivity index (χ1n) is 9.72. The summed E-state index contributed by atoms with van der Waals surface area (Å²) in [7, 11) is 1.58. The highest BCUT2D eigenvalue weighted by Gasteiger charge is 2.62. The van der Waals surface area contributed by atoms with E-state index >= 15 is 0 Å². The summed E-state index contributed by atoms with van der Waals surface area (Å²) in [4.78, 5) is 28.2. The van der Waals surface area contributed by atoms with Crippen molar-refractivity contribution in [2.24, 2.45) is 5.92 Å². The molecule has 3 heterocycles. The van der Waals surface area contributed by atoms with Crippen molar-refractivity contribution in [2.45, 2.75) is 25.4 Å². The number of amides is 2. The van der Waals surface area contributed by atoms with Crippen molar-refractivity contribution < 1.29 is 14.3 Å². The lowest BCUT2D eigenvalue weighted by Gasteiger charge is -2.29. The fourth-order valence-electron chi connectivity index (χ4n) is 4.88. The Kier molecular flexibility index (Phi) is 4.00. The van der Waals surface area contributed by atoms with E-state index in [0.717, 1.165) is 25.1 Å². The van der Waals surface area contributed by atoms with Crippen LogP contribution in [0.25, 0.3) is 0 Å². The molecule has 3 atom stereocenters. The molecule has 2 aromatic rings. The highest BCUT2D eigenvalue weighted by atomic mass is 16.5. The average Bonchev–Trinajstić information content (AvgIpc) is 3.35. The molecule has 28 heavy (non-hydrogen) atoms. The first-order valence-corrected chi connectivity index (χ1v) is 9.72. The molecule has 6 heteroatoms. The SMILES string of the molecule is COc1cccc(N2C(=O)[C@H]3[C@H](C2=O)N2CCCN2[C@H]3c2ccc(C)cc2)c1. The number of aryl methyl sites for hydroxylation is 1. The summed E-state index contributed by atoms with van der Waals surface area (Å²) in [5.74, 6) is -0.0113. The van der Waals surface area contributed by atoms with Gasteiger partial charge in [0.1, 0.15) is 11.8 Å². The zero-order valence-electron chi connectivity index (χ0n) is 16.0. The van der Waals surface area contributed by atoms with E-state index < -0.39 is 6.04 Å². The van der Waals surface area contributed by atoms with E-state index in [2.05, 4.69) is 41.2 Å².